The van der Waals surface area contributed by atoms with Crippen LogP contribution in [0.4, 0.5) is 5.69 Å². The molecular weight excluding hydrogens is 302 g/mol. The van der Waals surface area contributed by atoms with E-state index in [1.807, 2.05) is 6.07 Å². The standard InChI is InChI=1S/C19H23N3O2/c23-22(24)19-8-4-7-17(15-19)9-10-20-11-13-21(14-12-20)16-18-5-2-1-3-6-18/h1-8,15H,9-14,16H2. The SMILES string of the molecule is O=[N+]([O-])c1cccc(CCN2CCN(Cc3ccccc3)CC2)c1. The first-order valence-corrected chi connectivity index (χ1v) is 8.43. The summed E-state index contributed by atoms with van der Waals surface area (Å²) < 4.78 is 0. The van der Waals surface area contributed by atoms with Crippen LogP contribution in [0.1, 0.15) is 11.1 Å². The molecule has 0 bridgehead atoms. The Morgan fingerprint density at radius 2 is 1.54 bits per heavy atom. The number of non-ortho nitro benzene ring substituents is 1. The van der Waals surface area contributed by atoms with Crippen LogP contribution in [0.15, 0.2) is 54.6 Å². The van der Waals surface area contributed by atoms with Gasteiger partial charge in [-0.25, -0.2) is 0 Å². The molecule has 0 spiro atoms. The van der Waals surface area contributed by atoms with Crippen LogP contribution in [-0.4, -0.2) is 47.4 Å². The third-order valence-corrected chi connectivity index (χ3v) is 4.55. The van der Waals surface area contributed by atoms with Gasteiger partial charge >= 0.3 is 0 Å². The molecule has 0 N–H and O–H groups in total. The highest BCUT2D eigenvalue weighted by atomic mass is 16.6. The van der Waals surface area contributed by atoms with Crippen molar-refractivity contribution in [2.24, 2.45) is 0 Å². The lowest BCUT2D eigenvalue weighted by atomic mass is 10.1. The summed E-state index contributed by atoms with van der Waals surface area (Å²) in [6.45, 7) is 6.23. The molecule has 0 saturated carbocycles. The summed E-state index contributed by atoms with van der Waals surface area (Å²) >= 11 is 0. The molecule has 2 aromatic rings. The minimum atomic E-state index is -0.328. The van der Waals surface area contributed by atoms with E-state index in [2.05, 4.69) is 40.1 Å². The monoisotopic (exact) mass is 325 g/mol. The zero-order valence-corrected chi connectivity index (χ0v) is 13.8. The highest BCUT2D eigenvalue weighted by Gasteiger charge is 2.17. The van der Waals surface area contributed by atoms with Crippen molar-refractivity contribution in [1.29, 1.82) is 0 Å². The number of nitrogens with zero attached hydrogens (tertiary/aromatic N) is 3. The first kappa shape index (κ1) is 16.6. The summed E-state index contributed by atoms with van der Waals surface area (Å²) in [5, 5.41) is 10.8. The lowest BCUT2D eigenvalue weighted by Gasteiger charge is -2.34. The fourth-order valence-corrected chi connectivity index (χ4v) is 3.13. The molecule has 5 heteroatoms. The summed E-state index contributed by atoms with van der Waals surface area (Å²) in [4.78, 5) is 15.4. The van der Waals surface area contributed by atoms with E-state index in [-0.39, 0.29) is 10.6 Å². The van der Waals surface area contributed by atoms with Gasteiger partial charge in [0.15, 0.2) is 0 Å². The second-order valence-electron chi connectivity index (χ2n) is 6.28. The Morgan fingerprint density at radius 1 is 0.875 bits per heavy atom. The molecule has 0 amide bonds. The van der Waals surface area contributed by atoms with Crippen LogP contribution in [0.3, 0.4) is 0 Å². The molecule has 0 aromatic heterocycles. The molecule has 0 atom stereocenters. The van der Waals surface area contributed by atoms with Crippen LogP contribution >= 0.6 is 0 Å². The Balaban J connectivity index is 1.44. The van der Waals surface area contributed by atoms with E-state index < -0.39 is 0 Å². The first-order chi connectivity index (χ1) is 11.7. The molecule has 1 fully saturated rings. The fraction of sp³-hybridized carbons (Fsp3) is 0.368. The van der Waals surface area contributed by atoms with Crippen LogP contribution in [-0.2, 0) is 13.0 Å². The Hall–Kier alpha value is -2.24. The zero-order valence-electron chi connectivity index (χ0n) is 13.8. The highest BCUT2D eigenvalue weighted by molar-refractivity contribution is 5.34. The number of nitro groups is 1. The number of nitro benzene ring substituents is 1. The van der Waals surface area contributed by atoms with Gasteiger partial charge in [0, 0.05) is 51.4 Å². The third kappa shape index (κ3) is 4.63. The van der Waals surface area contributed by atoms with E-state index in [1.54, 1.807) is 18.2 Å². The molecule has 0 aliphatic carbocycles. The van der Waals surface area contributed by atoms with Gasteiger partial charge in [0.05, 0.1) is 4.92 Å². The molecule has 3 rings (SSSR count). The molecular formula is C19H23N3O2. The Morgan fingerprint density at radius 3 is 2.25 bits per heavy atom. The van der Waals surface area contributed by atoms with E-state index in [9.17, 15) is 10.1 Å². The summed E-state index contributed by atoms with van der Waals surface area (Å²) in [6.07, 6.45) is 0.861. The van der Waals surface area contributed by atoms with Crippen LogP contribution in [0.25, 0.3) is 0 Å². The highest BCUT2D eigenvalue weighted by Crippen LogP contribution is 2.14. The third-order valence-electron chi connectivity index (χ3n) is 4.55. The Kier molecular flexibility index (Phi) is 5.56. The van der Waals surface area contributed by atoms with E-state index in [4.69, 9.17) is 0 Å². The van der Waals surface area contributed by atoms with Crippen molar-refractivity contribution in [2.75, 3.05) is 32.7 Å². The summed E-state index contributed by atoms with van der Waals surface area (Å²) in [6, 6.07) is 17.6. The van der Waals surface area contributed by atoms with E-state index in [0.717, 1.165) is 51.3 Å². The number of rotatable bonds is 6. The van der Waals surface area contributed by atoms with Crippen molar-refractivity contribution in [2.45, 2.75) is 13.0 Å². The summed E-state index contributed by atoms with van der Waals surface area (Å²) in [7, 11) is 0. The van der Waals surface area contributed by atoms with Crippen LogP contribution in [0, 0.1) is 10.1 Å². The van der Waals surface area contributed by atoms with Gasteiger partial charge in [-0.3, -0.25) is 15.0 Å². The maximum atomic E-state index is 10.8. The minimum absolute atomic E-state index is 0.181. The molecule has 126 valence electrons. The molecule has 1 heterocycles. The topological polar surface area (TPSA) is 49.6 Å². The first-order valence-electron chi connectivity index (χ1n) is 8.43. The molecule has 1 saturated heterocycles. The van der Waals surface area contributed by atoms with Crippen molar-refractivity contribution in [3.8, 4) is 0 Å². The second kappa shape index (κ2) is 8.04. The van der Waals surface area contributed by atoms with Crippen LogP contribution < -0.4 is 0 Å². The van der Waals surface area contributed by atoms with Crippen molar-refractivity contribution in [3.05, 3.63) is 75.8 Å². The fourth-order valence-electron chi connectivity index (χ4n) is 3.13. The van der Waals surface area contributed by atoms with E-state index >= 15 is 0 Å². The maximum absolute atomic E-state index is 10.8. The number of benzene rings is 2. The van der Waals surface area contributed by atoms with Gasteiger partial charge in [-0.2, -0.15) is 0 Å². The van der Waals surface area contributed by atoms with E-state index in [1.165, 1.54) is 5.56 Å². The summed E-state index contributed by atoms with van der Waals surface area (Å²) in [5.74, 6) is 0. The molecule has 24 heavy (non-hydrogen) atoms. The van der Waals surface area contributed by atoms with Crippen molar-refractivity contribution >= 4 is 5.69 Å². The average molecular weight is 325 g/mol. The minimum Gasteiger partial charge on any atom is -0.300 e. The zero-order chi connectivity index (χ0) is 16.8. The second-order valence-corrected chi connectivity index (χ2v) is 6.28. The van der Waals surface area contributed by atoms with Crippen LogP contribution in [0.5, 0.6) is 0 Å². The van der Waals surface area contributed by atoms with Crippen molar-refractivity contribution in [1.82, 2.24) is 9.80 Å². The number of piperazine rings is 1. The smallest absolute Gasteiger partial charge is 0.269 e. The Labute approximate surface area is 142 Å². The van der Waals surface area contributed by atoms with E-state index in [0.29, 0.717) is 0 Å². The molecule has 1 aliphatic rings. The molecule has 0 radical (unpaired) electrons. The Bertz CT molecular complexity index is 667. The molecule has 0 unspecified atom stereocenters. The molecule has 1 aliphatic heterocycles. The van der Waals surface area contributed by atoms with Crippen LogP contribution in [0.2, 0.25) is 0 Å². The van der Waals surface area contributed by atoms with Gasteiger partial charge in [-0.15, -0.1) is 0 Å². The number of hydrogen-bond acceptors (Lipinski definition) is 4. The quantitative estimate of drug-likeness (QED) is 0.605. The predicted octanol–water partition coefficient (Wildman–Crippen LogP) is 2.96. The van der Waals surface area contributed by atoms with Crippen molar-refractivity contribution < 1.29 is 4.92 Å². The average Bonchev–Trinajstić information content (AvgIpc) is 2.62. The predicted molar refractivity (Wildman–Crippen MR) is 95.0 cm³/mol. The lowest BCUT2D eigenvalue weighted by Crippen LogP contribution is -2.46. The molecule has 5 nitrogen and oxygen atoms in total. The van der Waals surface area contributed by atoms with Gasteiger partial charge in [0.25, 0.3) is 5.69 Å². The number of hydrogen-bond donors (Lipinski definition) is 0. The molecule has 2 aromatic carbocycles. The maximum Gasteiger partial charge on any atom is 0.269 e. The summed E-state index contributed by atoms with van der Waals surface area (Å²) in [5.41, 5.74) is 2.58. The van der Waals surface area contributed by atoms with Gasteiger partial charge in [-0.05, 0) is 17.5 Å². The van der Waals surface area contributed by atoms with Gasteiger partial charge in [-0.1, -0.05) is 42.5 Å². The van der Waals surface area contributed by atoms with Gasteiger partial charge < -0.3 is 4.90 Å². The van der Waals surface area contributed by atoms with Gasteiger partial charge in [0.2, 0.25) is 0 Å². The van der Waals surface area contributed by atoms with Crippen molar-refractivity contribution in [3.63, 3.8) is 0 Å². The lowest BCUT2D eigenvalue weighted by molar-refractivity contribution is -0.384. The largest absolute Gasteiger partial charge is 0.300 e. The van der Waals surface area contributed by atoms with Gasteiger partial charge in [0.1, 0.15) is 0 Å². The normalized spacial score (nSPS) is 16.2.